The predicted molar refractivity (Wildman–Crippen MR) is 102 cm³/mol. The average Bonchev–Trinajstić information content (AvgIpc) is 3.32. The number of halogens is 5. The summed E-state index contributed by atoms with van der Waals surface area (Å²) in [6.45, 7) is -0.533. The highest BCUT2D eigenvalue weighted by Crippen LogP contribution is 2.34. The van der Waals surface area contributed by atoms with Crippen LogP contribution in [0.4, 0.5) is 13.2 Å². The number of hydrogen-bond donors (Lipinski definition) is 1. The van der Waals surface area contributed by atoms with Crippen LogP contribution in [0.3, 0.4) is 0 Å². The lowest BCUT2D eigenvalue weighted by molar-refractivity contribution is -0.139. The summed E-state index contributed by atoms with van der Waals surface area (Å²) in [4.78, 5) is 18.9. The van der Waals surface area contributed by atoms with E-state index in [4.69, 9.17) is 37.6 Å². The lowest BCUT2D eigenvalue weighted by Gasteiger charge is -2.07. The molecule has 1 aromatic carbocycles. The van der Waals surface area contributed by atoms with E-state index in [1.165, 1.54) is 24.4 Å². The molecule has 0 radical (unpaired) electrons. The van der Waals surface area contributed by atoms with Crippen LogP contribution in [0.5, 0.6) is 5.75 Å². The molecular formula is C18H9Cl2F3N4O4. The maximum absolute atomic E-state index is 13.0. The Kier molecular flexibility index (Phi) is 5.23. The number of aliphatic carboxylic acids is 1. The molecule has 1 N–H and O–H groups in total. The Balaban J connectivity index is 1.65. The molecule has 0 aliphatic heterocycles. The standard InChI is InChI=1S/C18H9Cl2F3N4O4/c19-11-4-9(30-7-14(28)29)1-2-10(11)15-25-17(31-26-15)13-6-27-5-8(18(21,22)23)3-12(20)16(27)24-13/h1-6H,7H2,(H,28,29). The molecule has 0 bridgehead atoms. The number of ether oxygens (including phenoxy) is 1. The van der Waals surface area contributed by atoms with Gasteiger partial charge in [-0.05, 0) is 24.3 Å². The highest BCUT2D eigenvalue weighted by molar-refractivity contribution is 6.33. The predicted octanol–water partition coefficient (Wildman–Crippen LogP) is 4.84. The van der Waals surface area contributed by atoms with E-state index in [2.05, 4.69) is 15.1 Å². The molecule has 0 spiro atoms. The number of alkyl halides is 3. The maximum Gasteiger partial charge on any atom is 0.417 e. The SMILES string of the molecule is O=C(O)COc1ccc(-c2noc(-c3cn4cc(C(F)(F)F)cc(Cl)c4n3)n2)c(Cl)c1. The van der Waals surface area contributed by atoms with Gasteiger partial charge in [-0.15, -0.1) is 0 Å². The normalized spacial score (nSPS) is 11.8. The van der Waals surface area contributed by atoms with Crippen LogP contribution < -0.4 is 4.74 Å². The summed E-state index contributed by atoms with van der Waals surface area (Å²) in [6, 6.07) is 5.15. The Morgan fingerprint density at radius 3 is 2.61 bits per heavy atom. The molecule has 3 aromatic heterocycles. The smallest absolute Gasteiger partial charge is 0.417 e. The minimum Gasteiger partial charge on any atom is -0.482 e. The molecule has 8 nitrogen and oxygen atoms in total. The molecule has 31 heavy (non-hydrogen) atoms. The van der Waals surface area contributed by atoms with Gasteiger partial charge in [0.1, 0.15) is 11.4 Å². The second kappa shape index (κ2) is 7.75. The fourth-order valence-electron chi connectivity index (χ4n) is 2.66. The van der Waals surface area contributed by atoms with Gasteiger partial charge in [0, 0.05) is 18.0 Å². The van der Waals surface area contributed by atoms with E-state index in [-0.39, 0.29) is 38.9 Å². The Morgan fingerprint density at radius 1 is 1.16 bits per heavy atom. The number of fused-ring (bicyclic) bond motifs is 1. The third-order valence-electron chi connectivity index (χ3n) is 4.02. The molecule has 160 valence electrons. The van der Waals surface area contributed by atoms with E-state index in [1.807, 2.05) is 0 Å². The van der Waals surface area contributed by atoms with Gasteiger partial charge < -0.3 is 18.8 Å². The van der Waals surface area contributed by atoms with E-state index in [1.54, 1.807) is 0 Å². The topological polar surface area (TPSA) is 103 Å². The van der Waals surface area contributed by atoms with Crippen molar-refractivity contribution in [3.05, 3.63) is 52.3 Å². The van der Waals surface area contributed by atoms with Gasteiger partial charge in [0.05, 0.1) is 15.6 Å². The molecule has 3 heterocycles. The van der Waals surface area contributed by atoms with Crippen molar-refractivity contribution in [1.82, 2.24) is 19.5 Å². The molecule has 0 saturated heterocycles. The molecule has 4 aromatic rings. The lowest BCUT2D eigenvalue weighted by atomic mass is 10.2. The van der Waals surface area contributed by atoms with Crippen molar-refractivity contribution < 1.29 is 32.3 Å². The molecular weight excluding hydrogens is 464 g/mol. The molecule has 13 heteroatoms. The van der Waals surface area contributed by atoms with Crippen LogP contribution in [-0.2, 0) is 11.0 Å². The van der Waals surface area contributed by atoms with E-state index in [0.29, 0.717) is 5.56 Å². The van der Waals surface area contributed by atoms with Gasteiger partial charge in [0.25, 0.3) is 5.89 Å². The Bertz CT molecular complexity index is 1300. The number of carbonyl (C=O) groups is 1. The van der Waals surface area contributed by atoms with Gasteiger partial charge in [0.2, 0.25) is 5.82 Å². The quantitative estimate of drug-likeness (QED) is 0.443. The van der Waals surface area contributed by atoms with Crippen molar-refractivity contribution in [3.63, 3.8) is 0 Å². The van der Waals surface area contributed by atoms with Crippen LogP contribution in [0, 0.1) is 0 Å². The van der Waals surface area contributed by atoms with Gasteiger partial charge in [-0.25, -0.2) is 9.78 Å². The fourth-order valence-corrected chi connectivity index (χ4v) is 3.18. The van der Waals surface area contributed by atoms with Crippen LogP contribution in [0.25, 0.3) is 28.6 Å². The van der Waals surface area contributed by atoms with Gasteiger partial charge in [-0.2, -0.15) is 18.2 Å². The first-order valence-corrected chi connectivity index (χ1v) is 9.11. The van der Waals surface area contributed by atoms with Gasteiger partial charge in [0.15, 0.2) is 12.3 Å². The van der Waals surface area contributed by atoms with Crippen LogP contribution in [-0.4, -0.2) is 37.2 Å². The van der Waals surface area contributed by atoms with Crippen LogP contribution in [0.15, 0.2) is 41.2 Å². The van der Waals surface area contributed by atoms with Crippen molar-refractivity contribution in [2.45, 2.75) is 6.18 Å². The molecule has 0 aliphatic rings. The van der Waals surface area contributed by atoms with Crippen molar-refractivity contribution >= 4 is 34.8 Å². The molecule has 0 atom stereocenters. The maximum atomic E-state index is 13.0. The van der Waals surface area contributed by atoms with E-state index in [0.717, 1.165) is 16.7 Å². The summed E-state index contributed by atoms with van der Waals surface area (Å²) < 4.78 is 50.3. The van der Waals surface area contributed by atoms with Gasteiger partial charge in [-0.3, -0.25) is 0 Å². The molecule has 4 rings (SSSR count). The molecule has 0 fully saturated rings. The minimum absolute atomic E-state index is 0.0643. The summed E-state index contributed by atoms with van der Waals surface area (Å²) in [5.41, 5.74) is -0.377. The minimum atomic E-state index is -4.57. The highest BCUT2D eigenvalue weighted by atomic mass is 35.5. The first-order valence-electron chi connectivity index (χ1n) is 8.36. The second-order valence-corrected chi connectivity index (χ2v) is 6.99. The zero-order valence-corrected chi connectivity index (χ0v) is 16.5. The Morgan fingerprint density at radius 2 is 1.94 bits per heavy atom. The van der Waals surface area contributed by atoms with Gasteiger partial charge in [-0.1, -0.05) is 28.4 Å². The van der Waals surface area contributed by atoms with Crippen molar-refractivity contribution in [2.24, 2.45) is 0 Å². The van der Waals surface area contributed by atoms with E-state index in [9.17, 15) is 18.0 Å². The number of carboxylic acid groups (broad SMARTS) is 1. The number of hydrogen-bond acceptors (Lipinski definition) is 6. The van der Waals surface area contributed by atoms with Crippen molar-refractivity contribution in [1.29, 1.82) is 0 Å². The number of aromatic nitrogens is 4. The fraction of sp³-hybridized carbons (Fsp3) is 0.111. The van der Waals surface area contributed by atoms with Crippen LogP contribution in [0.2, 0.25) is 10.0 Å². The van der Waals surface area contributed by atoms with Gasteiger partial charge >= 0.3 is 12.1 Å². The summed E-state index contributed by atoms with van der Waals surface area (Å²) in [6.07, 6.45) is -2.45. The van der Waals surface area contributed by atoms with Crippen LogP contribution >= 0.6 is 23.2 Å². The van der Waals surface area contributed by atoms with E-state index < -0.39 is 24.3 Å². The number of nitrogens with zero attached hydrogens (tertiary/aromatic N) is 4. The molecule has 0 unspecified atom stereocenters. The van der Waals surface area contributed by atoms with E-state index >= 15 is 0 Å². The largest absolute Gasteiger partial charge is 0.482 e. The second-order valence-electron chi connectivity index (χ2n) is 6.18. The number of carboxylic acids is 1. The lowest BCUT2D eigenvalue weighted by Crippen LogP contribution is -2.09. The number of imidazole rings is 1. The highest BCUT2D eigenvalue weighted by Gasteiger charge is 2.32. The zero-order chi connectivity index (χ0) is 22.3. The Labute approximate surface area is 180 Å². The van der Waals surface area contributed by atoms with Crippen molar-refractivity contribution in [3.8, 4) is 28.7 Å². The third kappa shape index (κ3) is 4.28. The summed E-state index contributed by atoms with van der Waals surface area (Å²) in [5.74, 6) is -0.886. The third-order valence-corrected chi connectivity index (χ3v) is 4.61. The zero-order valence-electron chi connectivity index (χ0n) is 15.0. The molecule has 0 saturated carbocycles. The Hall–Kier alpha value is -3.31. The summed E-state index contributed by atoms with van der Waals surface area (Å²) in [7, 11) is 0. The summed E-state index contributed by atoms with van der Waals surface area (Å²) >= 11 is 12.1. The summed E-state index contributed by atoms with van der Waals surface area (Å²) in [5, 5.41) is 12.4. The first kappa shape index (κ1) is 20.9. The average molecular weight is 473 g/mol. The number of benzene rings is 1. The number of pyridine rings is 1. The monoisotopic (exact) mass is 472 g/mol. The molecule has 0 aliphatic carbocycles. The first-order chi connectivity index (χ1) is 14.6. The van der Waals surface area contributed by atoms with Crippen LogP contribution in [0.1, 0.15) is 5.56 Å². The number of rotatable bonds is 5. The van der Waals surface area contributed by atoms with Crippen molar-refractivity contribution in [2.75, 3.05) is 6.61 Å². The molecule has 0 amide bonds.